The zero-order valence-electron chi connectivity index (χ0n) is 8.29. The van der Waals surface area contributed by atoms with Gasteiger partial charge in [0.15, 0.2) is 0 Å². The van der Waals surface area contributed by atoms with Gasteiger partial charge in [-0.1, -0.05) is 0 Å². The summed E-state index contributed by atoms with van der Waals surface area (Å²) in [6.45, 7) is 0.733. The van der Waals surface area contributed by atoms with Gasteiger partial charge >= 0.3 is 5.97 Å². The summed E-state index contributed by atoms with van der Waals surface area (Å²) in [5.74, 6) is -0.323. The smallest absolute Gasteiger partial charge is 0.322 e. The first-order valence-electron chi connectivity index (χ1n) is 4.76. The average molecular weight is 200 g/mol. The number of carbonyl (C=O) groups is 2. The first kappa shape index (κ1) is 11.0. The van der Waals surface area contributed by atoms with Crippen LogP contribution in [-0.2, 0) is 14.3 Å². The van der Waals surface area contributed by atoms with Crippen LogP contribution in [0.4, 0.5) is 0 Å². The molecule has 80 valence electrons. The van der Waals surface area contributed by atoms with Crippen LogP contribution in [0.25, 0.3) is 0 Å². The molecule has 0 bridgehead atoms. The lowest BCUT2D eigenvalue weighted by atomic mass is 9.99. The Morgan fingerprint density at radius 1 is 1.79 bits per heavy atom. The molecule has 0 aromatic carbocycles. The Labute approximate surface area is 83.0 Å². The summed E-state index contributed by atoms with van der Waals surface area (Å²) in [4.78, 5) is 22.1. The second-order valence-corrected chi connectivity index (χ2v) is 3.48. The molecule has 0 aromatic rings. The van der Waals surface area contributed by atoms with Crippen molar-refractivity contribution in [2.45, 2.75) is 25.3 Å². The molecule has 3 N–H and O–H groups in total. The summed E-state index contributed by atoms with van der Waals surface area (Å²) in [6.07, 6.45) is 2.00. The summed E-state index contributed by atoms with van der Waals surface area (Å²) in [5.41, 5.74) is 5.55. The number of hydrogen-bond donors (Lipinski definition) is 2. The Bertz CT molecular complexity index is 230. The van der Waals surface area contributed by atoms with E-state index in [9.17, 15) is 9.59 Å². The number of esters is 1. The van der Waals surface area contributed by atoms with E-state index in [-0.39, 0.29) is 11.8 Å². The molecule has 0 saturated carbocycles. The van der Waals surface area contributed by atoms with E-state index in [2.05, 4.69) is 10.1 Å². The topological polar surface area (TPSA) is 81.4 Å². The van der Waals surface area contributed by atoms with E-state index in [0.717, 1.165) is 13.0 Å². The Kier molecular flexibility index (Phi) is 3.88. The lowest BCUT2D eigenvalue weighted by Gasteiger charge is -2.11. The maximum absolute atomic E-state index is 11.2. The van der Waals surface area contributed by atoms with Gasteiger partial charge in [0.2, 0.25) is 5.91 Å². The van der Waals surface area contributed by atoms with Crippen molar-refractivity contribution >= 4 is 11.9 Å². The Morgan fingerprint density at radius 3 is 3.00 bits per heavy atom. The van der Waals surface area contributed by atoms with Gasteiger partial charge in [0.1, 0.15) is 6.04 Å². The fourth-order valence-corrected chi connectivity index (χ4v) is 1.57. The maximum atomic E-state index is 11.2. The molecule has 0 aliphatic carbocycles. The molecule has 0 spiro atoms. The number of rotatable bonds is 4. The van der Waals surface area contributed by atoms with Crippen LogP contribution >= 0.6 is 0 Å². The zero-order chi connectivity index (χ0) is 10.6. The highest BCUT2D eigenvalue weighted by molar-refractivity contribution is 5.80. The van der Waals surface area contributed by atoms with E-state index < -0.39 is 12.0 Å². The van der Waals surface area contributed by atoms with Crippen LogP contribution in [0.2, 0.25) is 0 Å². The number of ether oxygens (including phenoxy) is 1. The molecule has 0 aromatic heterocycles. The van der Waals surface area contributed by atoms with Crippen molar-refractivity contribution in [3.63, 3.8) is 0 Å². The molecule has 1 aliphatic heterocycles. The summed E-state index contributed by atoms with van der Waals surface area (Å²) < 4.78 is 4.49. The van der Waals surface area contributed by atoms with Gasteiger partial charge in [-0.25, -0.2) is 0 Å². The lowest BCUT2D eigenvalue weighted by Crippen LogP contribution is -2.32. The minimum atomic E-state index is -0.603. The highest BCUT2D eigenvalue weighted by Crippen LogP contribution is 2.16. The molecule has 0 radical (unpaired) electrons. The molecule has 5 heteroatoms. The summed E-state index contributed by atoms with van der Waals surface area (Å²) in [7, 11) is 1.31. The number of amides is 1. The van der Waals surface area contributed by atoms with E-state index in [4.69, 9.17) is 5.73 Å². The molecule has 14 heavy (non-hydrogen) atoms. The van der Waals surface area contributed by atoms with Crippen molar-refractivity contribution in [2.75, 3.05) is 13.7 Å². The molecule has 2 atom stereocenters. The van der Waals surface area contributed by atoms with Crippen molar-refractivity contribution in [2.24, 2.45) is 11.7 Å². The van der Waals surface area contributed by atoms with Crippen molar-refractivity contribution in [3.05, 3.63) is 0 Å². The van der Waals surface area contributed by atoms with Crippen LogP contribution in [0.5, 0.6) is 0 Å². The molecule has 1 amide bonds. The second kappa shape index (κ2) is 4.95. The van der Waals surface area contributed by atoms with Crippen LogP contribution in [0.15, 0.2) is 0 Å². The van der Waals surface area contributed by atoms with Crippen LogP contribution in [0.3, 0.4) is 0 Å². The quantitative estimate of drug-likeness (QED) is 0.594. The van der Waals surface area contributed by atoms with Crippen molar-refractivity contribution in [1.82, 2.24) is 5.32 Å². The first-order valence-corrected chi connectivity index (χ1v) is 4.76. The minimum Gasteiger partial charge on any atom is -0.468 e. The number of nitrogens with two attached hydrogens (primary N) is 1. The predicted octanol–water partition coefficient (Wildman–Crippen LogP) is -0.597. The van der Waals surface area contributed by atoms with Crippen molar-refractivity contribution < 1.29 is 14.3 Å². The minimum absolute atomic E-state index is 0.0192. The van der Waals surface area contributed by atoms with E-state index in [0.29, 0.717) is 12.8 Å². The third kappa shape index (κ3) is 2.70. The molecule has 1 heterocycles. The Morgan fingerprint density at radius 2 is 2.50 bits per heavy atom. The van der Waals surface area contributed by atoms with E-state index >= 15 is 0 Å². The predicted molar refractivity (Wildman–Crippen MR) is 50.3 cm³/mol. The lowest BCUT2D eigenvalue weighted by molar-refractivity contribution is -0.142. The number of carbonyl (C=O) groups excluding carboxylic acids is 2. The number of hydrogen-bond acceptors (Lipinski definition) is 4. The Balaban J connectivity index is 2.26. The highest BCUT2D eigenvalue weighted by atomic mass is 16.5. The Hall–Kier alpha value is -1.10. The monoisotopic (exact) mass is 200 g/mol. The SMILES string of the molecule is COC(=O)[C@@H](N)CC[C@@H]1CCNC1=O. The van der Waals surface area contributed by atoms with Gasteiger partial charge in [0.25, 0.3) is 0 Å². The molecule has 5 nitrogen and oxygen atoms in total. The number of nitrogens with one attached hydrogen (secondary N) is 1. The average Bonchev–Trinajstić information content (AvgIpc) is 2.59. The molecule has 0 unspecified atom stereocenters. The normalized spacial score (nSPS) is 23.0. The zero-order valence-corrected chi connectivity index (χ0v) is 8.29. The van der Waals surface area contributed by atoms with Gasteiger partial charge < -0.3 is 15.8 Å². The molecule has 1 saturated heterocycles. The molecular weight excluding hydrogens is 184 g/mol. The van der Waals surface area contributed by atoms with E-state index in [1.165, 1.54) is 7.11 Å². The van der Waals surface area contributed by atoms with Gasteiger partial charge in [-0.05, 0) is 19.3 Å². The van der Waals surface area contributed by atoms with Gasteiger partial charge in [0.05, 0.1) is 7.11 Å². The van der Waals surface area contributed by atoms with E-state index in [1.54, 1.807) is 0 Å². The van der Waals surface area contributed by atoms with Gasteiger partial charge in [0, 0.05) is 12.5 Å². The second-order valence-electron chi connectivity index (χ2n) is 3.48. The van der Waals surface area contributed by atoms with Crippen LogP contribution in [-0.4, -0.2) is 31.6 Å². The molecular formula is C9H16N2O3. The van der Waals surface area contributed by atoms with Gasteiger partial charge in [-0.15, -0.1) is 0 Å². The fraction of sp³-hybridized carbons (Fsp3) is 0.778. The van der Waals surface area contributed by atoms with Gasteiger partial charge in [-0.3, -0.25) is 9.59 Å². The van der Waals surface area contributed by atoms with E-state index in [1.807, 2.05) is 0 Å². The molecule has 1 rings (SSSR count). The number of methoxy groups -OCH3 is 1. The highest BCUT2D eigenvalue weighted by Gasteiger charge is 2.25. The molecule has 1 aliphatic rings. The third-order valence-electron chi connectivity index (χ3n) is 2.49. The third-order valence-corrected chi connectivity index (χ3v) is 2.49. The van der Waals surface area contributed by atoms with Gasteiger partial charge in [-0.2, -0.15) is 0 Å². The summed E-state index contributed by atoms with van der Waals surface area (Å²) in [5, 5.41) is 2.74. The van der Waals surface area contributed by atoms with Crippen molar-refractivity contribution in [3.8, 4) is 0 Å². The summed E-state index contributed by atoms with van der Waals surface area (Å²) >= 11 is 0. The van der Waals surface area contributed by atoms with Crippen LogP contribution < -0.4 is 11.1 Å². The maximum Gasteiger partial charge on any atom is 0.322 e. The van der Waals surface area contributed by atoms with Crippen molar-refractivity contribution in [1.29, 1.82) is 0 Å². The first-order chi connectivity index (χ1) is 6.65. The summed E-state index contributed by atoms with van der Waals surface area (Å²) in [6, 6.07) is -0.603. The molecule has 1 fully saturated rings. The standard InChI is InChI=1S/C9H16N2O3/c1-14-9(13)7(10)3-2-6-4-5-11-8(6)12/h6-7H,2-5,10H2,1H3,(H,11,12)/t6-,7+/m1/s1. The fourth-order valence-electron chi connectivity index (χ4n) is 1.57. The van der Waals surface area contributed by atoms with Crippen LogP contribution in [0.1, 0.15) is 19.3 Å². The largest absolute Gasteiger partial charge is 0.468 e. The van der Waals surface area contributed by atoms with Crippen LogP contribution in [0, 0.1) is 5.92 Å².